The normalized spacial score (nSPS) is 17.2. The van der Waals surface area contributed by atoms with Gasteiger partial charge in [-0.15, -0.1) is 0 Å². The summed E-state index contributed by atoms with van der Waals surface area (Å²) in [4.78, 5) is 10.3. The van der Waals surface area contributed by atoms with Gasteiger partial charge in [-0.3, -0.25) is 5.41 Å². The predicted octanol–water partition coefficient (Wildman–Crippen LogP) is 0.604. The lowest BCUT2D eigenvalue weighted by Crippen LogP contribution is -2.14. The number of hydrogen-bond acceptors (Lipinski definition) is 3. The summed E-state index contributed by atoms with van der Waals surface area (Å²) in [6.45, 7) is 0. The maximum Gasteiger partial charge on any atom is 0.353 e. The van der Waals surface area contributed by atoms with Gasteiger partial charge < -0.3 is 10.4 Å². The molecule has 0 bridgehead atoms. The molecule has 1 aliphatic carbocycles. The van der Waals surface area contributed by atoms with E-state index in [9.17, 15) is 4.79 Å². The highest BCUT2D eigenvalue weighted by molar-refractivity contribution is 6.39. The predicted molar refractivity (Wildman–Crippen MR) is 45.2 cm³/mol. The van der Waals surface area contributed by atoms with Gasteiger partial charge in [0.1, 0.15) is 5.71 Å². The molecule has 4 nitrogen and oxygen atoms in total. The molecule has 1 aliphatic rings. The number of nitrogens with one attached hydrogen (secondary N) is 2. The molecule has 66 valence electrons. The summed E-state index contributed by atoms with van der Waals surface area (Å²) in [7, 11) is 1.75. The molecule has 1 rings (SSSR count). The number of carboxylic acids is 1. The summed E-state index contributed by atoms with van der Waals surface area (Å²) in [5.41, 5.74) is 0.508. The smallest absolute Gasteiger partial charge is 0.353 e. The molecule has 12 heavy (non-hydrogen) atoms. The van der Waals surface area contributed by atoms with Gasteiger partial charge in [0.2, 0.25) is 0 Å². The standard InChI is InChI=1S/C8H12N2O2/c1-10-7(5-2-3-5)4-6(9)8(11)12/h4-5,9-10H,2-3H2,1H3,(H,11,12)/b7-4-,9-6?. The van der Waals surface area contributed by atoms with Crippen LogP contribution in [0.2, 0.25) is 0 Å². The summed E-state index contributed by atoms with van der Waals surface area (Å²) in [5.74, 6) is -0.724. The number of allylic oxidation sites excluding steroid dienone is 1. The third-order valence-corrected chi connectivity index (χ3v) is 1.84. The minimum Gasteiger partial charge on any atom is -0.477 e. The van der Waals surface area contributed by atoms with Crippen LogP contribution in [0.1, 0.15) is 12.8 Å². The van der Waals surface area contributed by atoms with Gasteiger partial charge in [-0.1, -0.05) is 0 Å². The van der Waals surface area contributed by atoms with E-state index in [2.05, 4.69) is 5.32 Å². The van der Waals surface area contributed by atoms with Gasteiger partial charge in [0, 0.05) is 12.7 Å². The van der Waals surface area contributed by atoms with E-state index in [-0.39, 0.29) is 5.71 Å². The second-order valence-electron chi connectivity index (χ2n) is 2.84. The average Bonchev–Trinajstić information content (AvgIpc) is 2.82. The highest BCUT2D eigenvalue weighted by Gasteiger charge is 2.25. The van der Waals surface area contributed by atoms with Crippen LogP contribution in [0.3, 0.4) is 0 Å². The first kappa shape index (κ1) is 8.77. The van der Waals surface area contributed by atoms with Crippen molar-refractivity contribution in [1.82, 2.24) is 5.32 Å². The van der Waals surface area contributed by atoms with Crippen LogP contribution in [0, 0.1) is 11.3 Å². The molecule has 4 heteroatoms. The molecule has 0 atom stereocenters. The minimum absolute atomic E-state index is 0.355. The van der Waals surface area contributed by atoms with Crippen LogP contribution in [0.15, 0.2) is 11.8 Å². The fourth-order valence-corrected chi connectivity index (χ4v) is 1.01. The minimum atomic E-state index is -1.18. The molecule has 0 aromatic carbocycles. The zero-order valence-electron chi connectivity index (χ0n) is 6.92. The molecule has 0 unspecified atom stereocenters. The van der Waals surface area contributed by atoms with Gasteiger partial charge in [0.15, 0.2) is 0 Å². The molecule has 0 radical (unpaired) electrons. The molecule has 0 saturated heterocycles. The Labute approximate surface area is 70.8 Å². The SMILES string of the molecule is CN/C(=C\C(=N)C(=O)O)C1CC1. The zero-order chi connectivity index (χ0) is 9.14. The van der Waals surface area contributed by atoms with Crippen molar-refractivity contribution < 1.29 is 9.90 Å². The Kier molecular flexibility index (Phi) is 2.47. The second-order valence-corrected chi connectivity index (χ2v) is 2.84. The van der Waals surface area contributed by atoms with E-state index in [4.69, 9.17) is 10.5 Å². The Hall–Kier alpha value is -1.32. The quantitative estimate of drug-likeness (QED) is 0.538. The summed E-state index contributed by atoms with van der Waals surface area (Å²) in [5, 5.41) is 18.4. The average molecular weight is 168 g/mol. The van der Waals surface area contributed by atoms with Gasteiger partial charge in [0.05, 0.1) is 0 Å². The van der Waals surface area contributed by atoms with Gasteiger partial charge in [-0.2, -0.15) is 0 Å². The van der Waals surface area contributed by atoms with Crippen LogP contribution in [-0.4, -0.2) is 23.8 Å². The van der Waals surface area contributed by atoms with E-state index < -0.39 is 5.97 Å². The molecule has 3 N–H and O–H groups in total. The Morgan fingerprint density at radius 2 is 2.25 bits per heavy atom. The van der Waals surface area contributed by atoms with Gasteiger partial charge >= 0.3 is 5.97 Å². The monoisotopic (exact) mass is 168 g/mol. The number of carboxylic acid groups (broad SMARTS) is 1. The van der Waals surface area contributed by atoms with Gasteiger partial charge in [-0.25, -0.2) is 4.79 Å². The molecule has 1 saturated carbocycles. The number of rotatable bonds is 4. The van der Waals surface area contributed by atoms with Crippen molar-refractivity contribution in [2.45, 2.75) is 12.8 Å². The topological polar surface area (TPSA) is 73.2 Å². The van der Waals surface area contributed by atoms with Crippen LogP contribution < -0.4 is 5.32 Å². The first-order valence-corrected chi connectivity index (χ1v) is 3.86. The molecule has 0 heterocycles. The third kappa shape index (κ3) is 2.08. The molecule has 0 aliphatic heterocycles. The van der Waals surface area contributed by atoms with Crippen LogP contribution in [0.5, 0.6) is 0 Å². The zero-order valence-corrected chi connectivity index (χ0v) is 6.92. The highest BCUT2D eigenvalue weighted by atomic mass is 16.4. The Balaban J connectivity index is 2.62. The van der Waals surface area contributed by atoms with Crippen molar-refractivity contribution in [2.24, 2.45) is 5.92 Å². The van der Waals surface area contributed by atoms with Gasteiger partial charge in [-0.05, 0) is 24.8 Å². The first-order chi connectivity index (χ1) is 5.65. The van der Waals surface area contributed by atoms with Crippen molar-refractivity contribution in [3.05, 3.63) is 11.8 Å². The lowest BCUT2D eigenvalue weighted by Gasteiger charge is -2.02. The molecule has 0 amide bonds. The summed E-state index contributed by atoms with van der Waals surface area (Å²) in [6, 6.07) is 0. The fourth-order valence-electron chi connectivity index (χ4n) is 1.01. The highest BCUT2D eigenvalue weighted by Crippen LogP contribution is 2.34. The van der Waals surface area contributed by atoms with E-state index in [0.29, 0.717) is 5.92 Å². The fraction of sp³-hybridized carbons (Fsp3) is 0.500. The van der Waals surface area contributed by atoms with E-state index in [1.54, 1.807) is 7.05 Å². The van der Waals surface area contributed by atoms with E-state index in [0.717, 1.165) is 18.5 Å². The Bertz CT molecular complexity index is 241. The molecule has 0 aromatic rings. The number of carbonyl (C=O) groups is 1. The molecular weight excluding hydrogens is 156 g/mol. The molecular formula is C8H12N2O2. The Morgan fingerprint density at radius 1 is 1.67 bits per heavy atom. The molecule has 0 aromatic heterocycles. The largest absolute Gasteiger partial charge is 0.477 e. The maximum atomic E-state index is 10.3. The summed E-state index contributed by atoms with van der Waals surface area (Å²) < 4.78 is 0. The van der Waals surface area contributed by atoms with Crippen molar-refractivity contribution in [3.8, 4) is 0 Å². The van der Waals surface area contributed by atoms with Crippen LogP contribution in [0.25, 0.3) is 0 Å². The lowest BCUT2D eigenvalue weighted by molar-refractivity contribution is -0.129. The lowest BCUT2D eigenvalue weighted by atomic mass is 10.2. The van der Waals surface area contributed by atoms with Crippen molar-refractivity contribution in [1.29, 1.82) is 5.41 Å². The summed E-state index contributed by atoms with van der Waals surface area (Å²) in [6.07, 6.45) is 3.58. The van der Waals surface area contributed by atoms with Crippen molar-refractivity contribution >= 4 is 11.7 Å². The number of hydrogen-bond donors (Lipinski definition) is 3. The van der Waals surface area contributed by atoms with Crippen LogP contribution in [-0.2, 0) is 4.79 Å². The van der Waals surface area contributed by atoms with E-state index in [1.807, 2.05) is 0 Å². The molecule has 0 spiro atoms. The van der Waals surface area contributed by atoms with Crippen molar-refractivity contribution in [2.75, 3.05) is 7.05 Å². The van der Waals surface area contributed by atoms with Crippen molar-refractivity contribution in [3.63, 3.8) is 0 Å². The van der Waals surface area contributed by atoms with Crippen LogP contribution in [0.4, 0.5) is 0 Å². The van der Waals surface area contributed by atoms with Crippen LogP contribution >= 0.6 is 0 Å². The van der Waals surface area contributed by atoms with E-state index in [1.165, 1.54) is 6.08 Å². The third-order valence-electron chi connectivity index (χ3n) is 1.84. The Morgan fingerprint density at radius 3 is 2.58 bits per heavy atom. The number of aliphatic carboxylic acids is 1. The molecule has 1 fully saturated rings. The van der Waals surface area contributed by atoms with Gasteiger partial charge in [0.25, 0.3) is 0 Å². The summed E-state index contributed by atoms with van der Waals surface area (Å²) >= 11 is 0. The van der Waals surface area contributed by atoms with E-state index >= 15 is 0 Å². The maximum absolute atomic E-state index is 10.3. The first-order valence-electron chi connectivity index (χ1n) is 3.86. The second kappa shape index (κ2) is 3.38.